The number of methoxy groups -OCH3 is 1. The maximum atomic E-state index is 13.0. The Morgan fingerprint density at radius 3 is 2.77 bits per heavy atom. The monoisotopic (exact) mass is 714 g/mol. The van der Waals surface area contributed by atoms with Crippen LogP contribution in [0.2, 0.25) is 0 Å². The summed E-state index contributed by atoms with van der Waals surface area (Å²) in [6.45, 7) is 4.69. The van der Waals surface area contributed by atoms with Gasteiger partial charge in [0.05, 0.1) is 35.4 Å². The van der Waals surface area contributed by atoms with E-state index in [1.807, 2.05) is 51.2 Å². The minimum absolute atomic E-state index is 0.00639. The van der Waals surface area contributed by atoms with Gasteiger partial charge in [-0.25, -0.2) is 14.6 Å². The fourth-order valence-electron chi connectivity index (χ4n) is 8.95. The van der Waals surface area contributed by atoms with E-state index in [1.165, 1.54) is 7.11 Å². The lowest BCUT2D eigenvalue weighted by Crippen LogP contribution is -2.69. The molecule has 1 saturated carbocycles. The summed E-state index contributed by atoms with van der Waals surface area (Å²) in [5, 5.41) is 6.49. The van der Waals surface area contributed by atoms with Crippen molar-refractivity contribution in [2.75, 3.05) is 20.2 Å². The van der Waals surface area contributed by atoms with Gasteiger partial charge in [-0.1, -0.05) is 31.5 Å². The van der Waals surface area contributed by atoms with Gasteiger partial charge in [0.2, 0.25) is 18.0 Å². The molecule has 2 aromatic carbocycles. The molecular formula is C39H46N4O9. The maximum Gasteiger partial charge on any atom is 0.337 e. The lowest BCUT2D eigenvalue weighted by molar-refractivity contribution is -0.575. The van der Waals surface area contributed by atoms with Crippen LogP contribution in [0.1, 0.15) is 75.6 Å². The zero-order valence-corrected chi connectivity index (χ0v) is 30.1. The van der Waals surface area contributed by atoms with Gasteiger partial charge in [-0.05, 0) is 62.8 Å². The molecule has 9 rings (SSSR count). The highest BCUT2D eigenvalue weighted by atomic mass is 17.3. The van der Waals surface area contributed by atoms with E-state index < -0.39 is 35.9 Å². The topological polar surface area (TPSA) is 152 Å². The molecule has 1 spiro atoms. The van der Waals surface area contributed by atoms with Crippen LogP contribution in [0.3, 0.4) is 0 Å². The number of benzene rings is 2. The van der Waals surface area contributed by atoms with Gasteiger partial charge in [-0.2, -0.15) is 0 Å². The van der Waals surface area contributed by atoms with Gasteiger partial charge >= 0.3 is 11.9 Å². The van der Waals surface area contributed by atoms with Gasteiger partial charge in [0, 0.05) is 61.1 Å². The molecule has 13 heteroatoms. The molecule has 13 nitrogen and oxygen atoms in total. The van der Waals surface area contributed by atoms with Crippen LogP contribution in [0.5, 0.6) is 0 Å². The number of carbonyl (C=O) groups excluding carboxylic acids is 3. The molecule has 7 atom stereocenters. The second-order valence-corrected chi connectivity index (χ2v) is 14.8. The Bertz CT molecular complexity index is 2130. The molecule has 4 aliphatic heterocycles. The Hall–Kier alpha value is -4.30. The van der Waals surface area contributed by atoms with E-state index in [0.717, 1.165) is 63.9 Å². The zero-order chi connectivity index (χ0) is 36.2. The largest absolute Gasteiger partial charge is 0.465 e. The third kappa shape index (κ3) is 5.87. The number of aromatic nitrogens is 2. The van der Waals surface area contributed by atoms with Crippen molar-refractivity contribution in [1.29, 1.82) is 0 Å². The Kier molecular flexibility index (Phi) is 9.09. The van der Waals surface area contributed by atoms with Crippen LogP contribution in [0.15, 0.2) is 47.5 Å². The SMILES string of the molecule is COC(=O)c1ccc2c(c1)c(=NCCCNC(=O)CCC(=O)O[C@@H]1O[C@@H]3O[C@@]4(C)CC[C@H]5CCC[C@@H]([C@H]1C)[C@]53OO4)c1c3ccccc3[nH]c1n2C. The molecule has 4 saturated heterocycles. The third-order valence-electron chi connectivity index (χ3n) is 11.7. The van der Waals surface area contributed by atoms with Crippen molar-refractivity contribution in [3.63, 3.8) is 0 Å². The van der Waals surface area contributed by atoms with E-state index in [0.29, 0.717) is 31.5 Å². The molecular weight excluding hydrogens is 668 g/mol. The number of amides is 1. The first-order valence-electron chi connectivity index (χ1n) is 18.4. The van der Waals surface area contributed by atoms with Crippen LogP contribution >= 0.6 is 0 Å². The third-order valence-corrected chi connectivity index (χ3v) is 11.7. The van der Waals surface area contributed by atoms with E-state index in [9.17, 15) is 14.4 Å². The highest BCUT2D eigenvalue weighted by Crippen LogP contribution is 2.59. The molecule has 6 heterocycles. The van der Waals surface area contributed by atoms with Crippen LogP contribution in [-0.4, -0.2) is 71.6 Å². The fourth-order valence-corrected chi connectivity index (χ4v) is 8.95. The minimum Gasteiger partial charge on any atom is -0.465 e. The molecule has 2 aromatic heterocycles. The van der Waals surface area contributed by atoms with Crippen molar-refractivity contribution in [2.45, 2.75) is 89.2 Å². The summed E-state index contributed by atoms with van der Waals surface area (Å²) >= 11 is 0. The van der Waals surface area contributed by atoms with E-state index in [-0.39, 0.29) is 36.5 Å². The summed E-state index contributed by atoms with van der Waals surface area (Å²) in [6.07, 6.45) is 3.64. The molecule has 4 aromatic rings. The van der Waals surface area contributed by atoms with Crippen LogP contribution in [0, 0.1) is 17.8 Å². The number of hydrogen-bond donors (Lipinski definition) is 2. The van der Waals surface area contributed by atoms with E-state index >= 15 is 0 Å². The van der Waals surface area contributed by atoms with Crippen molar-refractivity contribution >= 4 is 50.7 Å². The number of H-pyrrole nitrogens is 1. The van der Waals surface area contributed by atoms with Gasteiger partial charge < -0.3 is 33.8 Å². The molecule has 1 aliphatic carbocycles. The molecule has 0 unspecified atom stereocenters. The molecule has 276 valence electrons. The Morgan fingerprint density at radius 2 is 1.92 bits per heavy atom. The Balaban J connectivity index is 0.898. The first kappa shape index (κ1) is 34.8. The average Bonchev–Trinajstić information content (AvgIpc) is 3.41. The zero-order valence-electron chi connectivity index (χ0n) is 30.1. The van der Waals surface area contributed by atoms with Gasteiger partial charge in [-0.3, -0.25) is 14.6 Å². The number of rotatable bonds is 9. The summed E-state index contributed by atoms with van der Waals surface area (Å²) in [7, 11) is 3.35. The summed E-state index contributed by atoms with van der Waals surface area (Å²) in [5.74, 6) is -1.88. The quantitative estimate of drug-likeness (QED) is 0.134. The summed E-state index contributed by atoms with van der Waals surface area (Å²) in [5.41, 5.74) is 2.54. The van der Waals surface area contributed by atoms with Crippen molar-refractivity contribution in [2.24, 2.45) is 29.8 Å². The molecule has 5 fully saturated rings. The van der Waals surface area contributed by atoms with Crippen LogP contribution < -0.4 is 10.7 Å². The molecule has 5 aliphatic rings. The van der Waals surface area contributed by atoms with Gasteiger partial charge in [0.25, 0.3) is 0 Å². The number of hydrogen-bond acceptors (Lipinski definition) is 10. The molecule has 52 heavy (non-hydrogen) atoms. The highest BCUT2D eigenvalue weighted by Gasteiger charge is 2.68. The molecule has 2 N–H and O–H groups in total. The van der Waals surface area contributed by atoms with E-state index in [2.05, 4.69) is 20.9 Å². The predicted octanol–water partition coefficient (Wildman–Crippen LogP) is 5.29. The van der Waals surface area contributed by atoms with Crippen molar-refractivity contribution in [3.05, 3.63) is 53.4 Å². The lowest BCUT2D eigenvalue weighted by Gasteiger charge is -2.58. The smallest absolute Gasteiger partial charge is 0.337 e. The number of pyridine rings is 1. The highest BCUT2D eigenvalue weighted by molar-refractivity contribution is 6.10. The van der Waals surface area contributed by atoms with Gasteiger partial charge in [0.1, 0.15) is 5.65 Å². The summed E-state index contributed by atoms with van der Waals surface area (Å²) < 4.78 is 25.5. The van der Waals surface area contributed by atoms with Crippen LogP contribution in [0.25, 0.3) is 32.8 Å². The molecule has 0 radical (unpaired) electrons. The number of aryl methyl sites for hydroxylation is 1. The first-order valence-corrected chi connectivity index (χ1v) is 18.4. The predicted molar refractivity (Wildman–Crippen MR) is 189 cm³/mol. The summed E-state index contributed by atoms with van der Waals surface area (Å²) in [6, 6.07) is 13.5. The number of esters is 2. The Labute approximate surface area is 300 Å². The summed E-state index contributed by atoms with van der Waals surface area (Å²) in [4.78, 5) is 58.7. The van der Waals surface area contributed by atoms with Crippen LogP contribution in [-0.2, 0) is 45.4 Å². The normalized spacial score (nSPS) is 29.9. The standard InChI is InChI=1S/C39H46N4O9/c1-22-27-11-7-9-24-17-18-38(2)50-37(39(24,27)52-51-38)49-36(22)48-31(45)16-15-30(44)40-19-8-20-41-33-26-21-23(35(46)47-4)13-14-29(26)43(3)34-32(33)25-10-5-6-12-28(25)42-34/h5-6,10,12-14,21-22,24,27,36-37,42H,7-9,11,15-20H2,1-4H3,(H,40,44)/t22-,24-,27+,36-,37-,38-,39-/m1/s1. The number of carbonyl (C=O) groups is 3. The van der Waals surface area contributed by atoms with E-state index in [4.69, 9.17) is 33.7 Å². The van der Waals surface area contributed by atoms with E-state index in [1.54, 1.807) is 6.07 Å². The van der Waals surface area contributed by atoms with Gasteiger partial charge in [-0.15, -0.1) is 0 Å². The maximum absolute atomic E-state index is 13.0. The number of nitrogens with one attached hydrogen (secondary N) is 2. The fraction of sp³-hybridized carbons (Fsp3) is 0.538. The number of aromatic amines is 1. The first-order chi connectivity index (χ1) is 25.1. The molecule has 2 bridgehead atoms. The average molecular weight is 715 g/mol. The number of ether oxygens (including phenoxy) is 4. The lowest BCUT2D eigenvalue weighted by atomic mass is 9.61. The number of para-hydroxylation sites is 1. The van der Waals surface area contributed by atoms with Crippen molar-refractivity contribution < 1.29 is 43.1 Å². The minimum atomic E-state index is -0.901. The van der Waals surface area contributed by atoms with Crippen LogP contribution in [0.4, 0.5) is 0 Å². The molecule has 1 amide bonds. The number of nitrogens with zero attached hydrogens (tertiary/aromatic N) is 2. The second kappa shape index (κ2) is 13.6. The second-order valence-electron chi connectivity index (χ2n) is 14.8. The number of fused-ring (bicyclic) bond motifs is 6. The van der Waals surface area contributed by atoms with Crippen molar-refractivity contribution in [3.8, 4) is 0 Å². The van der Waals surface area contributed by atoms with Crippen molar-refractivity contribution in [1.82, 2.24) is 14.9 Å². The Morgan fingerprint density at radius 1 is 1.08 bits per heavy atom. The van der Waals surface area contributed by atoms with Gasteiger partial charge in [0.15, 0.2) is 11.9 Å².